The summed E-state index contributed by atoms with van der Waals surface area (Å²) < 4.78 is 20.8. The third-order valence-electron chi connectivity index (χ3n) is 7.22. The number of hydrogen-bond donors (Lipinski definition) is 1. The Morgan fingerprint density at radius 3 is 2.89 bits per heavy atom. The van der Waals surface area contributed by atoms with E-state index < -0.39 is 12.1 Å². The van der Waals surface area contributed by atoms with Gasteiger partial charge in [-0.3, -0.25) is 9.78 Å². The quantitative estimate of drug-likeness (QED) is 0.329. The number of pyridine rings is 1. The molecular formula is C28H35FN2O3S. The van der Waals surface area contributed by atoms with Crippen LogP contribution in [-0.4, -0.2) is 47.7 Å². The number of piperidine rings is 1. The monoisotopic (exact) mass is 498 g/mol. The minimum Gasteiger partial charge on any atom is -0.497 e. The number of thiophene rings is 1. The van der Waals surface area contributed by atoms with E-state index in [0.717, 1.165) is 49.8 Å². The summed E-state index contributed by atoms with van der Waals surface area (Å²) in [7, 11) is 1.60. The van der Waals surface area contributed by atoms with Gasteiger partial charge in [-0.2, -0.15) is 0 Å². The molecule has 2 aromatic heterocycles. The fourth-order valence-corrected chi connectivity index (χ4v) is 6.29. The number of benzene rings is 1. The van der Waals surface area contributed by atoms with E-state index in [1.807, 2.05) is 29.5 Å². The number of halogens is 1. The molecule has 1 saturated heterocycles. The first-order valence-corrected chi connectivity index (χ1v) is 13.3. The first kappa shape index (κ1) is 25.6. The van der Waals surface area contributed by atoms with E-state index in [4.69, 9.17) is 4.74 Å². The van der Waals surface area contributed by atoms with Crippen molar-refractivity contribution in [3.05, 3.63) is 57.9 Å². The van der Waals surface area contributed by atoms with Crippen LogP contribution in [0, 0.1) is 18.8 Å². The van der Waals surface area contributed by atoms with Crippen molar-refractivity contribution >= 4 is 28.2 Å². The zero-order valence-corrected chi connectivity index (χ0v) is 21.4. The molecule has 0 spiro atoms. The van der Waals surface area contributed by atoms with Crippen molar-refractivity contribution in [2.75, 3.05) is 26.7 Å². The molecule has 0 saturated carbocycles. The van der Waals surface area contributed by atoms with Crippen LogP contribution in [0.15, 0.2) is 42.6 Å². The van der Waals surface area contributed by atoms with Gasteiger partial charge in [0.25, 0.3) is 0 Å². The Hall–Kier alpha value is -2.51. The van der Waals surface area contributed by atoms with Crippen LogP contribution in [0.3, 0.4) is 0 Å². The van der Waals surface area contributed by atoms with Crippen molar-refractivity contribution in [2.24, 2.45) is 11.8 Å². The van der Waals surface area contributed by atoms with Crippen LogP contribution in [0.25, 0.3) is 10.9 Å². The second-order valence-electron chi connectivity index (χ2n) is 9.65. The number of fused-ring (bicyclic) bond motifs is 1. The highest BCUT2D eigenvalue weighted by atomic mass is 32.1. The summed E-state index contributed by atoms with van der Waals surface area (Å²) in [4.78, 5) is 21.1. The Balaban J connectivity index is 1.35. The van der Waals surface area contributed by atoms with E-state index in [1.54, 1.807) is 19.4 Å². The van der Waals surface area contributed by atoms with Gasteiger partial charge in [-0.15, -0.1) is 11.3 Å². The van der Waals surface area contributed by atoms with Gasteiger partial charge in [-0.05, 0) is 106 Å². The fourth-order valence-electron chi connectivity index (χ4n) is 5.35. The molecule has 1 N–H and O–H groups in total. The number of alkyl halides is 1. The molecule has 1 aromatic carbocycles. The third-order valence-corrected chi connectivity index (χ3v) is 8.28. The Labute approximate surface area is 210 Å². The lowest BCUT2D eigenvalue weighted by Crippen LogP contribution is -2.42. The number of methoxy groups -OCH3 is 1. The maximum atomic E-state index is 15.5. The van der Waals surface area contributed by atoms with Gasteiger partial charge < -0.3 is 14.7 Å². The molecule has 188 valence electrons. The van der Waals surface area contributed by atoms with Crippen LogP contribution in [-0.2, 0) is 11.2 Å². The minimum atomic E-state index is -1.12. The second-order valence-corrected chi connectivity index (χ2v) is 11.0. The molecule has 3 heterocycles. The maximum Gasteiger partial charge on any atom is 0.303 e. The van der Waals surface area contributed by atoms with Crippen molar-refractivity contribution in [3.63, 3.8) is 0 Å². The van der Waals surface area contributed by atoms with Gasteiger partial charge in [0.15, 0.2) is 0 Å². The van der Waals surface area contributed by atoms with Gasteiger partial charge >= 0.3 is 5.97 Å². The molecule has 3 aromatic rings. The number of carbonyl (C=O) groups is 1. The van der Waals surface area contributed by atoms with Crippen LogP contribution in [0.4, 0.5) is 4.39 Å². The van der Waals surface area contributed by atoms with Gasteiger partial charge in [0.1, 0.15) is 11.9 Å². The summed E-state index contributed by atoms with van der Waals surface area (Å²) in [6, 6.07) is 11.6. The second kappa shape index (κ2) is 12.0. The van der Waals surface area contributed by atoms with E-state index in [9.17, 15) is 9.90 Å². The van der Waals surface area contributed by atoms with Crippen LogP contribution in [0.2, 0.25) is 0 Å². The topological polar surface area (TPSA) is 62.7 Å². The number of rotatable bonds is 11. The largest absolute Gasteiger partial charge is 0.497 e. The lowest BCUT2D eigenvalue weighted by atomic mass is 9.79. The van der Waals surface area contributed by atoms with E-state index >= 15 is 4.39 Å². The molecule has 5 nitrogen and oxygen atoms in total. The number of aliphatic carboxylic acids is 1. The normalized spacial score (nSPS) is 19.6. The van der Waals surface area contributed by atoms with Gasteiger partial charge in [0, 0.05) is 34.3 Å². The van der Waals surface area contributed by atoms with Crippen molar-refractivity contribution in [1.29, 1.82) is 0 Å². The number of hydrogen-bond acceptors (Lipinski definition) is 5. The zero-order valence-electron chi connectivity index (χ0n) is 20.6. The predicted octanol–water partition coefficient (Wildman–Crippen LogP) is 6.45. The first-order valence-electron chi connectivity index (χ1n) is 12.5. The smallest absolute Gasteiger partial charge is 0.303 e. The Morgan fingerprint density at radius 1 is 1.29 bits per heavy atom. The maximum absolute atomic E-state index is 15.5. The van der Waals surface area contributed by atoms with Crippen LogP contribution >= 0.6 is 11.3 Å². The molecule has 35 heavy (non-hydrogen) atoms. The summed E-state index contributed by atoms with van der Waals surface area (Å²) in [6.45, 7) is 4.85. The van der Waals surface area contributed by atoms with E-state index in [-0.39, 0.29) is 18.3 Å². The Bertz CT molecular complexity index is 1130. The highest BCUT2D eigenvalue weighted by Gasteiger charge is 2.31. The third kappa shape index (κ3) is 6.79. The van der Waals surface area contributed by atoms with Gasteiger partial charge in [0.05, 0.1) is 12.6 Å². The van der Waals surface area contributed by atoms with Gasteiger partial charge in [0.2, 0.25) is 0 Å². The molecule has 0 aliphatic carbocycles. The number of carboxylic acid groups (broad SMARTS) is 1. The highest BCUT2D eigenvalue weighted by Crippen LogP contribution is 2.36. The molecule has 1 unspecified atom stereocenters. The number of carboxylic acids is 1. The fraction of sp³-hybridized carbons (Fsp3) is 0.500. The minimum absolute atomic E-state index is 0.0618. The molecule has 0 amide bonds. The molecule has 1 aliphatic heterocycles. The standard InChI is InChI=1S/C28H35FN2O3S/c1-19-5-8-23(35-19)4-3-14-31-15-12-20(21(18-31)16-28(32)33)6-9-26(29)24-11-13-30-27-10-7-22(34-2)17-25(24)27/h5,7-8,10-11,13,17,20-21,26H,3-4,6,9,12,14-16,18H2,1-2H3,(H,32,33)/t20-,21+,26?/m1/s1. The van der Waals surface area contributed by atoms with Crippen LogP contribution in [0.1, 0.15) is 53.6 Å². The summed E-state index contributed by atoms with van der Waals surface area (Å²) in [5.74, 6) is 0.205. The summed E-state index contributed by atoms with van der Waals surface area (Å²) in [6.07, 6.45) is 4.83. The lowest BCUT2D eigenvalue weighted by molar-refractivity contribution is -0.139. The zero-order chi connectivity index (χ0) is 24.8. The molecular weight excluding hydrogens is 463 g/mol. The number of aromatic nitrogens is 1. The summed E-state index contributed by atoms with van der Waals surface area (Å²) in [5, 5.41) is 10.3. The van der Waals surface area contributed by atoms with Gasteiger partial charge in [-0.25, -0.2) is 4.39 Å². The number of nitrogens with zero attached hydrogens (tertiary/aromatic N) is 2. The van der Waals surface area contributed by atoms with Crippen LogP contribution in [0.5, 0.6) is 5.75 Å². The van der Waals surface area contributed by atoms with Crippen molar-refractivity contribution in [2.45, 2.75) is 51.6 Å². The molecule has 3 atom stereocenters. The average molecular weight is 499 g/mol. The van der Waals surface area contributed by atoms with Gasteiger partial charge in [-0.1, -0.05) is 0 Å². The number of likely N-dealkylation sites (tertiary alicyclic amines) is 1. The highest BCUT2D eigenvalue weighted by molar-refractivity contribution is 7.11. The summed E-state index contributed by atoms with van der Waals surface area (Å²) >= 11 is 1.85. The van der Waals surface area contributed by atoms with E-state index in [0.29, 0.717) is 24.2 Å². The Kier molecular flexibility index (Phi) is 8.74. The van der Waals surface area contributed by atoms with Crippen molar-refractivity contribution in [1.82, 2.24) is 9.88 Å². The molecule has 0 bridgehead atoms. The van der Waals surface area contributed by atoms with E-state index in [1.165, 1.54) is 9.75 Å². The molecule has 0 radical (unpaired) electrons. The molecule has 4 rings (SSSR count). The Morgan fingerprint density at radius 2 is 2.14 bits per heavy atom. The summed E-state index contributed by atoms with van der Waals surface area (Å²) in [5.41, 5.74) is 1.38. The molecule has 1 fully saturated rings. The number of aryl methyl sites for hydroxylation is 2. The lowest BCUT2D eigenvalue weighted by Gasteiger charge is -2.38. The first-order chi connectivity index (χ1) is 16.9. The molecule has 1 aliphatic rings. The SMILES string of the molecule is COc1ccc2nccc(C(F)CC[C@@H]3CCN(CCCc4ccc(C)s4)C[C@@H]3CC(=O)O)c2c1. The predicted molar refractivity (Wildman–Crippen MR) is 139 cm³/mol. The van der Waals surface area contributed by atoms with E-state index in [2.05, 4.69) is 28.9 Å². The number of ether oxygens (including phenoxy) is 1. The van der Waals surface area contributed by atoms with Crippen molar-refractivity contribution in [3.8, 4) is 5.75 Å². The van der Waals surface area contributed by atoms with Crippen molar-refractivity contribution < 1.29 is 19.0 Å². The average Bonchev–Trinajstić information content (AvgIpc) is 3.27. The molecule has 7 heteroatoms. The van der Waals surface area contributed by atoms with Crippen LogP contribution < -0.4 is 4.74 Å².